The molecule has 0 atom stereocenters. The smallest absolute Gasteiger partial charge is 0.255 e. The molecule has 0 saturated heterocycles. The van der Waals surface area contributed by atoms with E-state index in [0.29, 0.717) is 5.56 Å². The van der Waals surface area contributed by atoms with Gasteiger partial charge in [-0.2, -0.15) is 0 Å². The SMILES string of the molecule is COc1ccc(C(=O)Nc2cccc3c2CCN(C)C3)cc1. The van der Waals surface area contributed by atoms with Crippen LogP contribution in [0.1, 0.15) is 21.5 Å². The first-order chi connectivity index (χ1) is 10.7. The van der Waals surface area contributed by atoms with Gasteiger partial charge in [0.2, 0.25) is 0 Å². The summed E-state index contributed by atoms with van der Waals surface area (Å²) in [6.45, 7) is 1.95. The quantitative estimate of drug-likeness (QED) is 0.947. The zero-order valence-electron chi connectivity index (χ0n) is 12.9. The highest BCUT2D eigenvalue weighted by molar-refractivity contribution is 6.04. The van der Waals surface area contributed by atoms with E-state index in [-0.39, 0.29) is 5.91 Å². The van der Waals surface area contributed by atoms with E-state index in [9.17, 15) is 4.79 Å². The van der Waals surface area contributed by atoms with Gasteiger partial charge in [-0.15, -0.1) is 0 Å². The molecule has 2 aromatic rings. The molecule has 1 aliphatic heterocycles. The molecule has 0 saturated carbocycles. The number of carbonyl (C=O) groups is 1. The van der Waals surface area contributed by atoms with Gasteiger partial charge in [-0.3, -0.25) is 4.79 Å². The molecule has 4 heteroatoms. The van der Waals surface area contributed by atoms with Gasteiger partial charge in [-0.25, -0.2) is 0 Å². The molecule has 0 radical (unpaired) electrons. The summed E-state index contributed by atoms with van der Waals surface area (Å²) in [5, 5.41) is 3.04. The molecule has 0 fully saturated rings. The number of likely N-dealkylation sites (N-methyl/N-ethyl adjacent to an activating group) is 1. The van der Waals surface area contributed by atoms with E-state index in [1.807, 2.05) is 12.1 Å². The van der Waals surface area contributed by atoms with Crippen molar-refractivity contribution in [3.63, 3.8) is 0 Å². The standard InChI is InChI=1S/C18H20N2O2/c1-20-11-10-16-14(12-20)4-3-5-17(16)19-18(21)13-6-8-15(22-2)9-7-13/h3-9H,10-12H2,1-2H3,(H,19,21). The summed E-state index contributed by atoms with van der Waals surface area (Å²) in [5.41, 5.74) is 4.10. The number of amides is 1. The summed E-state index contributed by atoms with van der Waals surface area (Å²) < 4.78 is 5.12. The molecule has 2 aromatic carbocycles. The second kappa shape index (κ2) is 6.20. The Kier molecular flexibility index (Phi) is 4.11. The third-order valence-corrected chi connectivity index (χ3v) is 4.06. The number of hydrogen-bond donors (Lipinski definition) is 1. The summed E-state index contributed by atoms with van der Waals surface area (Å²) in [7, 11) is 3.73. The number of benzene rings is 2. The predicted molar refractivity (Wildman–Crippen MR) is 87.4 cm³/mol. The summed E-state index contributed by atoms with van der Waals surface area (Å²) >= 11 is 0. The first kappa shape index (κ1) is 14.6. The molecule has 1 heterocycles. The number of rotatable bonds is 3. The van der Waals surface area contributed by atoms with Gasteiger partial charge in [0.1, 0.15) is 5.75 Å². The van der Waals surface area contributed by atoms with E-state index in [2.05, 4.69) is 23.3 Å². The maximum Gasteiger partial charge on any atom is 0.255 e. The zero-order chi connectivity index (χ0) is 15.5. The Morgan fingerprint density at radius 1 is 1.18 bits per heavy atom. The minimum atomic E-state index is -0.0880. The second-order valence-electron chi connectivity index (χ2n) is 5.61. The maximum atomic E-state index is 12.4. The van der Waals surface area contributed by atoms with E-state index >= 15 is 0 Å². The van der Waals surface area contributed by atoms with Gasteiger partial charge < -0.3 is 15.0 Å². The average molecular weight is 296 g/mol. The Hall–Kier alpha value is -2.33. The van der Waals surface area contributed by atoms with Crippen LogP contribution in [0.15, 0.2) is 42.5 Å². The van der Waals surface area contributed by atoms with Crippen LogP contribution >= 0.6 is 0 Å². The summed E-state index contributed by atoms with van der Waals surface area (Å²) in [6, 6.07) is 13.3. The van der Waals surface area contributed by atoms with Crippen molar-refractivity contribution in [3.8, 4) is 5.75 Å². The van der Waals surface area contributed by atoms with E-state index in [1.54, 1.807) is 31.4 Å². The van der Waals surface area contributed by atoms with Crippen LogP contribution in [-0.2, 0) is 13.0 Å². The van der Waals surface area contributed by atoms with Crippen LogP contribution in [-0.4, -0.2) is 31.5 Å². The molecule has 1 aliphatic rings. The average Bonchev–Trinajstić information content (AvgIpc) is 2.55. The van der Waals surface area contributed by atoms with Crippen molar-refractivity contribution in [1.82, 2.24) is 4.90 Å². The van der Waals surface area contributed by atoms with Gasteiger partial charge in [0, 0.05) is 24.3 Å². The lowest BCUT2D eigenvalue weighted by Gasteiger charge is -2.26. The summed E-state index contributed by atoms with van der Waals surface area (Å²) in [6.07, 6.45) is 0.963. The number of anilines is 1. The molecular formula is C18H20N2O2. The lowest BCUT2D eigenvalue weighted by molar-refractivity contribution is 0.102. The van der Waals surface area contributed by atoms with Crippen molar-refractivity contribution in [2.45, 2.75) is 13.0 Å². The molecule has 0 unspecified atom stereocenters. The van der Waals surface area contributed by atoms with Crippen molar-refractivity contribution in [2.75, 3.05) is 26.0 Å². The van der Waals surface area contributed by atoms with Gasteiger partial charge in [0.05, 0.1) is 7.11 Å². The molecule has 1 amide bonds. The highest BCUT2D eigenvalue weighted by Crippen LogP contribution is 2.26. The third kappa shape index (κ3) is 2.97. The largest absolute Gasteiger partial charge is 0.497 e. The van der Waals surface area contributed by atoms with Gasteiger partial charge in [-0.1, -0.05) is 12.1 Å². The Labute approximate surface area is 130 Å². The van der Waals surface area contributed by atoms with E-state index < -0.39 is 0 Å². The van der Waals surface area contributed by atoms with Crippen molar-refractivity contribution in [1.29, 1.82) is 0 Å². The van der Waals surface area contributed by atoms with E-state index in [1.165, 1.54) is 11.1 Å². The third-order valence-electron chi connectivity index (χ3n) is 4.06. The minimum Gasteiger partial charge on any atom is -0.497 e. The fourth-order valence-corrected chi connectivity index (χ4v) is 2.80. The monoisotopic (exact) mass is 296 g/mol. The topological polar surface area (TPSA) is 41.6 Å². The molecule has 1 N–H and O–H groups in total. The zero-order valence-corrected chi connectivity index (χ0v) is 12.9. The van der Waals surface area contributed by atoms with Gasteiger partial charge in [0.15, 0.2) is 0 Å². The minimum absolute atomic E-state index is 0.0880. The Morgan fingerprint density at radius 3 is 2.68 bits per heavy atom. The highest BCUT2D eigenvalue weighted by atomic mass is 16.5. The molecule has 0 aliphatic carbocycles. The second-order valence-corrected chi connectivity index (χ2v) is 5.61. The van der Waals surface area contributed by atoms with Crippen LogP contribution in [0, 0.1) is 0 Å². The number of nitrogens with one attached hydrogen (secondary N) is 1. The number of ether oxygens (including phenoxy) is 1. The molecule has 0 bridgehead atoms. The Balaban J connectivity index is 1.80. The lowest BCUT2D eigenvalue weighted by Crippen LogP contribution is -2.27. The van der Waals surface area contributed by atoms with Crippen LogP contribution in [0.3, 0.4) is 0 Å². The number of hydrogen-bond acceptors (Lipinski definition) is 3. The molecule has 0 aromatic heterocycles. The number of carbonyl (C=O) groups excluding carboxylic acids is 1. The van der Waals surface area contributed by atoms with E-state index in [4.69, 9.17) is 4.74 Å². The maximum absolute atomic E-state index is 12.4. The normalized spacial score (nSPS) is 14.3. The molecule has 0 spiro atoms. The Bertz CT molecular complexity index is 680. The van der Waals surface area contributed by atoms with Crippen molar-refractivity contribution >= 4 is 11.6 Å². The molecule has 22 heavy (non-hydrogen) atoms. The van der Waals surface area contributed by atoms with Crippen LogP contribution in [0.5, 0.6) is 5.75 Å². The first-order valence-electron chi connectivity index (χ1n) is 7.42. The van der Waals surface area contributed by atoms with Crippen molar-refractivity contribution < 1.29 is 9.53 Å². The van der Waals surface area contributed by atoms with Crippen molar-refractivity contribution in [3.05, 3.63) is 59.2 Å². The first-order valence-corrected chi connectivity index (χ1v) is 7.42. The molecular weight excluding hydrogens is 276 g/mol. The number of methoxy groups -OCH3 is 1. The number of fused-ring (bicyclic) bond motifs is 1. The molecule has 3 rings (SSSR count). The van der Waals surface area contributed by atoms with Crippen molar-refractivity contribution in [2.24, 2.45) is 0 Å². The molecule has 4 nitrogen and oxygen atoms in total. The fraction of sp³-hybridized carbons (Fsp3) is 0.278. The van der Waals surface area contributed by atoms with E-state index in [0.717, 1.165) is 30.9 Å². The van der Waals surface area contributed by atoms with Gasteiger partial charge >= 0.3 is 0 Å². The van der Waals surface area contributed by atoms with Crippen LogP contribution in [0.25, 0.3) is 0 Å². The fourth-order valence-electron chi connectivity index (χ4n) is 2.80. The van der Waals surface area contributed by atoms with Gasteiger partial charge in [-0.05, 0) is 54.9 Å². The lowest BCUT2D eigenvalue weighted by atomic mass is 9.98. The van der Waals surface area contributed by atoms with Crippen LogP contribution in [0.4, 0.5) is 5.69 Å². The highest BCUT2D eigenvalue weighted by Gasteiger charge is 2.17. The van der Waals surface area contributed by atoms with Crippen LogP contribution < -0.4 is 10.1 Å². The van der Waals surface area contributed by atoms with Gasteiger partial charge in [0.25, 0.3) is 5.91 Å². The summed E-state index contributed by atoms with van der Waals surface area (Å²) in [5.74, 6) is 0.659. The number of nitrogens with zero attached hydrogens (tertiary/aromatic N) is 1. The van der Waals surface area contributed by atoms with Crippen LogP contribution in [0.2, 0.25) is 0 Å². The summed E-state index contributed by atoms with van der Waals surface area (Å²) in [4.78, 5) is 14.7. The Morgan fingerprint density at radius 2 is 1.95 bits per heavy atom. The molecule has 114 valence electrons. The predicted octanol–water partition coefficient (Wildman–Crippen LogP) is 2.94.